The van der Waals surface area contributed by atoms with E-state index in [2.05, 4.69) is 50.4 Å². The Bertz CT molecular complexity index is 341. The smallest absolute Gasteiger partial charge is 0.0587 e. The van der Waals surface area contributed by atoms with Gasteiger partial charge in [-0.15, -0.1) is 11.8 Å². The minimum atomic E-state index is 0.644. The predicted octanol–water partition coefficient (Wildman–Crippen LogP) is 3.56. The van der Waals surface area contributed by atoms with Crippen molar-refractivity contribution >= 4 is 11.8 Å². The van der Waals surface area contributed by atoms with E-state index < -0.39 is 0 Å². The van der Waals surface area contributed by atoms with Crippen LogP contribution in [-0.2, 0) is 11.3 Å². The van der Waals surface area contributed by atoms with Gasteiger partial charge >= 0.3 is 0 Å². The first-order chi connectivity index (χ1) is 8.65. The quantitative estimate of drug-likeness (QED) is 0.575. The van der Waals surface area contributed by atoms with E-state index in [-0.39, 0.29) is 0 Å². The average Bonchev–Trinajstić information content (AvgIpc) is 2.36. The summed E-state index contributed by atoms with van der Waals surface area (Å²) >= 11 is 1.97. The molecule has 1 aromatic rings. The SMILES string of the molecule is COCCNCc1ccccc1SC(C)C(C)C. The predicted molar refractivity (Wildman–Crippen MR) is 80.2 cm³/mol. The molecular weight excluding hydrogens is 242 g/mol. The second-order valence-electron chi connectivity index (χ2n) is 4.84. The molecule has 1 rings (SSSR count). The van der Waals surface area contributed by atoms with E-state index in [1.165, 1.54) is 10.5 Å². The van der Waals surface area contributed by atoms with Crippen LogP contribution in [0.4, 0.5) is 0 Å². The second kappa shape index (κ2) is 8.57. The fourth-order valence-corrected chi connectivity index (χ4v) is 2.62. The molecule has 102 valence electrons. The van der Waals surface area contributed by atoms with E-state index in [9.17, 15) is 0 Å². The van der Waals surface area contributed by atoms with Crippen molar-refractivity contribution in [3.05, 3.63) is 29.8 Å². The van der Waals surface area contributed by atoms with E-state index in [1.54, 1.807) is 7.11 Å². The van der Waals surface area contributed by atoms with E-state index in [0.29, 0.717) is 11.2 Å². The molecule has 0 radical (unpaired) electrons. The van der Waals surface area contributed by atoms with Gasteiger partial charge in [-0.3, -0.25) is 0 Å². The van der Waals surface area contributed by atoms with E-state index in [1.807, 2.05) is 11.8 Å². The van der Waals surface area contributed by atoms with Crippen molar-refractivity contribution in [1.29, 1.82) is 0 Å². The van der Waals surface area contributed by atoms with Crippen LogP contribution in [0.3, 0.4) is 0 Å². The molecule has 1 aromatic carbocycles. The number of hydrogen-bond acceptors (Lipinski definition) is 3. The molecule has 0 saturated carbocycles. The molecule has 1 unspecified atom stereocenters. The van der Waals surface area contributed by atoms with Crippen molar-refractivity contribution in [2.45, 2.75) is 37.5 Å². The molecule has 0 aliphatic rings. The molecule has 2 nitrogen and oxygen atoms in total. The lowest BCUT2D eigenvalue weighted by molar-refractivity contribution is 0.199. The fourth-order valence-electron chi connectivity index (χ4n) is 1.50. The average molecular weight is 267 g/mol. The Balaban J connectivity index is 2.56. The highest BCUT2D eigenvalue weighted by Gasteiger charge is 2.11. The lowest BCUT2D eigenvalue weighted by Gasteiger charge is -2.17. The molecule has 0 bridgehead atoms. The second-order valence-corrected chi connectivity index (χ2v) is 6.26. The van der Waals surface area contributed by atoms with Crippen LogP contribution >= 0.6 is 11.8 Å². The van der Waals surface area contributed by atoms with Crippen molar-refractivity contribution in [1.82, 2.24) is 5.32 Å². The van der Waals surface area contributed by atoms with Crippen LogP contribution < -0.4 is 5.32 Å². The van der Waals surface area contributed by atoms with Crippen molar-refractivity contribution in [2.75, 3.05) is 20.3 Å². The van der Waals surface area contributed by atoms with Gasteiger partial charge in [0.2, 0.25) is 0 Å². The van der Waals surface area contributed by atoms with Gasteiger partial charge in [0.1, 0.15) is 0 Å². The van der Waals surface area contributed by atoms with Gasteiger partial charge in [-0.2, -0.15) is 0 Å². The molecule has 0 fully saturated rings. The van der Waals surface area contributed by atoms with Crippen molar-refractivity contribution in [3.63, 3.8) is 0 Å². The van der Waals surface area contributed by atoms with Crippen LogP contribution in [0.2, 0.25) is 0 Å². The maximum absolute atomic E-state index is 5.04. The molecular formula is C15H25NOS. The zero-order valence-electron chi connectivity index (χ0n) is 11.9. The molecule has 18 heavy (non-hydrogen) atoms. The zero-order valence-corrected chi connectivity index (χ0v) is 12.7. The van der Waals surface area contributed by atoms with Crippen LogP contribution in [-0.4, -0.2) is 25.5 Å². The Morgan fingerprint density at radius 2 is 1.94 bits per heavy atom. The lowest BCUT2D eigenvalue weighted by atomic mass is 10.2. The number of benzene rings is 1. The Morgan fingerprint density at radius 1 is 1.22 bits per heavy atom. The van der Waals surface area contributed by atoms with Crippen LogP contribution in [0.25, 0.3) is 0 Å². The maximum Gasteiger partial charge on any atom is 0.0587 e. The van der Waals surface area contributed by atoms with Crippen LogP contribution in [0.1, 0.15) is 26.3 Å². The van der Waals surface area contributed by atoms with Crippen molar-refractivity contribution in [2.24, 2.45) is 5.92 Å². The molecule has 0 amide bonds. The number of nitrogens with one attached hydrogen (secondary N) is 1. The number of methoxy groups -OCH3 is 1. The number of thioether (sulfide) groups is 1. The Morgan fingerprint density at radius 3 is 2.61 bits per heavy atom. The van der Waals surface area contributed by atoms with Gasteiger partial charge in [-0.25, -0.2) is 0 Å². The first kappa shape index (κ1) is 15.5. The summed E-state index contributed by atoms with van der Waals surface area (Å²) < 4.78 is 5.04. The summed E-state index contributed by atoms with van der Waals surface area (Å²) in [5.41, 5.74) is 1.38. The molecule has 1 N–H and O–H groups in total. The number of hydrogen-bond donors (Lipinski definition) is 1. The van der Waals surface area contributed by atoms with Crippen molar-refractivity contribution < 1.29 is 4.74 Å². The molecule has 0 aliphatic heterocycles. The third-order valence-corrected chi connectivity index (χ3v) is 4.59. The summed E-state index contributed by atoms with van der Waals surface area (Å²) in [6, 6.07) is 8.65. The maximum atomic E-state index is 5.04. The van der Waals surface area contributed by atoms with Crippen LogP contribution in [0.15, 0.2) is 29.2 Å². The molecule has 0 spiro atoms. The Hall–Kier alpha value is -0.510. The topological polar surface area (TPSA) is 21.3 Å². The summed E-state index contributed by atoms with van der Waals surface area (Å²) in [6.07, 6.45) is 0. The van der Waals surface area contributed by atoms with Gasteiger partial charge in [0.25, 0.3) is 0 Å². The van der Waals surface area contributed by atoms with Crippen LogP contribution in [0.5, 0.6) is 0 Å². The minimum absolute atomic E-state index is 0.644. The number of rotatable bonds is 8. The third kappa shape index (κ3) is 5.42. The molecule has 0 aliphatic carbocycles. The van der Waals surface area contributed by atoms with Gasteiger partial charge in [0, 0.05) is 30.3 Å². The van der Waals surface area contributed by atoms with E-state index in [0.717, 1.165) is 19.7 Å². The van der Waals surface area contributed by atoms with Gasteiger partial charge in [-0.1, -0.05) is 39.0 Å². The van der Waals surface area contributed by atoms with Gasteiger partial charge in [0.15, 0.2) is 0 Å². The summed E-state index contributed by atoms with van der Waals surface area (Å²) in [4.78, 5) is 1.39. The molecule has 0 aromatic heterocycles. The summed E-state index contributed by atoms with van der Waals surface area (Å²) in [7, 11) is 1.73. The minimum Gasteiger partial charge on any atom is -0.383 e. The number of ether oxygens (including phenoxy) is 1. The Labute approximate surface area is 116 Å². The summed E-state index contributed by atoms with van der Waals surface area (Å²) in [5.74, 6) is 0.699. The van der Waals surface area contributed by atoms with Gasteiger partial charge < -0.3 is 10.1 Å². The fraction of sp³-hybridized carbons (Fsp3) is 0.600. The van der Waals surface area contributed by atoms with E-state index >= 15 is 0 Å². The summed E-state index contributed by atoms with van der Waals surface area (Å²) in [5, 5.41) is 4.05. The molecule has 1 atom stereocenters. The first-order valence-electron chi connectivity index (χ1n) is 6.59. The van der Waals surface area contributed by atoms with Gasteiger partial charge in [0.05, 0.1) is 6.61 Å². The highest BCUT2D eigenvalue weighted by Crippen LogP contribution is 2.30. The van der Waals surface area contributed by atoms with Gasteiger partial charge in [-0.05, 0) is 17.5 Å². The Kier molecular flexibility index (Phi) is 7.40. The highest BCUT2D eigenvalue weighted by molar-refractivity contribution is 8.00. The molecule has 3 heteroatoms. The largest absolute Gasteiger partial charge is 0.383 e. The molecule has 0 heterocycles. The highest BCUT2D eigenvalue weighted by atomic mass is 32.2. The first-order valence-corrected chi connectivity index (χ1v) is 7.47. The third-order valence-electron chi connectivity index (χ3n) is 3.02. The monoisotopic (exact) mass is 267 g/mol. The standard InChI is InChI=1S/C15H25NOS/c1-12(2)13(3)18-15-8-6-5-7-14(15)11-16-9-10-17-4/h5-8,12-13,16H,9-11H2,1-4H3. The summed E-state index contributed by atoms with van der Waals surface area (Å²) in [6.45, 7) is 9.42. The molecule has 0 saturated heterocycles. The zero-order chi connectivity index (χ0) is 13.4. The van der Waals surface area contributed by atoms with E-state index in [4.69, 9.17) is 4.74 Å². The van der Waals surface area contributed by atoms with Crippen molar-refractivity contribution in [3.8, 4) is 0 Å². The normalized spacial score (nSPS) is 12.9. The lowest BCUT2D eigenvalue weighted by Crippen LogP contribution is -2.19. The van der Waals surface area contributed by atoms with Crippen LogP contribution in [0, 0.1) is 5.92 Å².